The summed E-state index contributed by atoms with van der Waals surface area (Å²) in [7, 11) is 0. The molecule has 4 nitrogen and oxygen atoms in total. The van der Waals surface area contributed by atoms with Crippen LogP contribution in [-0.4, -0.2) is 11.1 Å². The molecule has 0 atom stereocenters. The Morgan fingerprint density at radius 2 is 2.29 bits per heavy atom. The Kier molecular flexibility index (Phi) is 3.81. The molecule has 6 heteroatoms. The highest BCUT2D eigenvalue weighted by molar-refractivity contribution is 9.10. The van der Waals surface area contributed by atoms with E-state index in [0.717, 1.165) is 4.47 Å². The summed E-state index contributed by atoms with van der Waals surface area (Å²) in [5, 5.41) is 6.90. The number of hydrogen-bond donors (Lipinski definition) is 1. The van der Waals surface area contributed by atoms with E-state index in [1.54, 1.807) is 24.3 Å². The van der Waals surface area contributed by atoms with Gasteiger partial charge in [0.15, 0.2) is 0 Å². The predicted octanol–water partition coefficient (Wildman–Crippen LogP) is 3.02. The van der Waals surface area contributed by atoms with E-state index in [9.17, 15) is 4.79 Å². The van der Waals surface area contributed by atoms with Gasteiger partial charge in [0.25, 0.3) is 5.91 Å². The van der Waals surface area contributed by atoms with Crippen LogP contribution < -0.4 is 5.32 Å². The lowest BCUT2D eigenvalue weighted by molar-refractivity contribution is 0.0950. The smallest absolute Gasteiger partial charge is 0.251 e. The van der Waals surface area contributed by atoms with Crippen molar-refractivity contribution in [3.63, 3.8) is 0 Å². The van der Waals surface area contributed by atoms with Crippen LogP contribution in [0.1, 0.15) is 16.1 Å². The fraction of sp³-hybridized carbons (Fsp3) is 0.0909. The van der Waals surface area contributed by atoms with E-state index < -0.39 is 0 Å². The largest absolute Gasteiger partial charge is 0.364 e. The van der Waals surface area contributed by atoms with Crippen LogP contribution in [0.4, 0.5) is 0 Å². The minimum absolute atomic E-state index is 0.206. The number of benzene rings is 1. The van der Waals surface area contributed by atoms with E-state index in [0.29, 0.717) is 22.8 Å². The van der Waals surface area contributed by atoms with Crippen LogP contribution in [0.3, 0.4) is 0 Å². The molecule has 1 N–H and O–H groups in total. The topological polar surface area (TPSA) is 55.1 Å². The molecule has 0 saturated heterocycles. The lowest BCUT2D eigenvalue weighted by Crippen LogP contribution is -2.22. The van der Waals surface area contributed by atoms with Crippen molar-refractivity contribution in [1.82, 2.24) is 10.5 Å². The van der Waals surface area contributed by atoms with Gasteiger partial charge in [-0.3, -0.25) is 4.79 Å². The second-order valence-corrected chi connectivity index (χ2v) is 4.56. The van der Waals surface area contributed by atoms with Gasteiger partial charge in [0.1, 0.15) is 12.0 Å². The van der Waals surface area contributed by atoms with Gasteiger partial charge in [-0.1, -0.05) is 16.8 Å². The monoisotopic (exact) mass is 314 g/mol. The third kappa shape index (κ3) is 3.08. The molecule has 1 heterocycles. The summed E-state index contributed by atoms with van der Waals surface area (Å²) >= 11 is 9.17. The zero-order valence-corrected chi connectivity index (χ0v) is 11.0. The predicted molar refractivity (Wildman–Crippen MR) is 66.8 cm³/mol. The number of halogens is 2. The lowest BCUT2D eigenvalue weighted by Gasteiger charge is -2.04. The molecular weight excluding hydrogens is 307 g/mol. The molecule has 2 aromatic rings. The molecule has 2 rings (SSSR count). The molecule has 1 aromatic heterocycles. The van der Waals surface area contributed by atoms with Gasteiger partial charge < -0.3 is 9.84 Å². The SMILES string of the molecule is O=C(NCc1ccon1)c1ccc(Br)c(Cl)c1. The summed E-state index contributed by atoms with van der Waals surface area (Å²) in [5.74, 6) is -0.206. The van der Waals surface area contributed by atoms with E-state index >= 15 is 0 Å². The zero-order chi connectivity index (χ0) is 12.3. The Balaban J connectivity index is 2.02. The molecule has 0 aliphatic rings. The Morgan fingerprint density at radius 3 is 2.94 bits per heavy atom. The first-order valence-electron chi connectivity index (χ1n) is 4.79. The quantitative estimate of drug-likeness (QED) is 0.947. The molecule has 0 radical (unpaired) electrons. The third-order valence-corrected chi connectivity index (χ3v) is 3.34. The second-order valence-electron chi connectivity index (χ2n) is 3.30. The second kappa shape index (κ2) is 5.33. The minimum Gasteiger partial charge on any atom is -0.364 e. The molecule has 1 aromatic carbocycles. The molecule has 0 aliphatic carbocycles. The van der Waals surface area contributed by atoms with Crippen molar-refractivity contribution in [2.75, 3.05) is 0 Å². The third-order valence-electron chi connectivity index (χ3n) is 2.10. The highest BCUT2D eigenvalue weighted by Gasteiger charge is 2.08. The molecule has 0 fully saturated rings. The highest BCUT2D eigenvalue weighted by Crippen LogP contribution is 2.23. The van der Waals surface area contributed by atoms with Crippen LogP contribution in [0.5, 0.6) is 0 Å². The summed E-state index contributed by atoms with van der Waals surface area (Å²) in [4.78, 5) is 11.8. The minimum atomic E-state index is -0.206. The van der Waals surface area contributed by atoms with Crippen LogP contribution >= 0.6 is 27.5 Å². The van der Waals surface area contributed by atoms with E-state index in [-0.39, 0.29) is 5.91 Å². The number of nitrogens with zero attached hydrogens (tertiary/aromatic N) is 1. The first-order chi connectivity index (χ1) is 8.16. The van der Waals surface area contributed by atoms with E-state index in [4.69, 9.17) is 11.6 Å². The van der Waals surface area contributed by atoms with Gasteiger partial charge in [0.05, 0.1) is 11.6 Å². The van der Waals surface area contributed by atoms with E-state index in [1.165, 1.54) is 6.26 Å². The molecule has 88 valence electrons. The van der Waals surface area contributed by atoms with Crippen molar-refractivity contribution >= 4 is 33.4 Å². The molecule has 0 saturated carbocycles. The van der Waals surface area contributed by atoms with Gasteiger partial charge in [-0.05, 0) is 34.1 Å². The normalized spacial score (nSPS) is 10.2. The average Bonchev–Trinajstić information content (AvgIpc) is 2.82. The Bertz CT molecular complexity index is 528. The Hall–Kier alpha value is -1.33. The Morgan fingerprint density at radius 1 is 1.47 bits per heavy atom. The lowest BCUT2D eigenvalue weighted by atomic mass is 10.2. The first kappa shape index (κ1) is 12.1. The zero-order valence-electron chi connectivity index (χ0n) is 8.61. The van der Waals surface area contributed by atoms with E-state index in [2.05, 4.69) is 30.9 Å². The highest BCUT2D eigenvalue weighted by atomic mass is 79.9. The van der Waals surface area contributed by atoms with Gasteiger partial charge >= 0.3 is 0 Å². The van der Waals surface area contributed by atoms with Crippen molar-refractivity contribution in [2.24, 2.45) is 0 Å². The molecule has 1 amide bonds. The van der Waals surface area contributed by atoms with Gasteiger partial charge in [0.2, 0.25) is 0 Å². The summed E-state index contributed by atoms with van der Waals surface area (Å²) in [5.41, 5.74) is 1.17. The maximum absolute atomic E-state index is 11.8. The molecule has 0 aliphatic heterocycles. The van der Waals surface area contributed by atoms with E-state index in [1.807, 2.05) is 0 Å². The van der Waals surface area contributed by atoms with Crippen molar-refractivity contribution in [3.8, 4) is 0 Å². The number of carbonyl (C=O) groups excluding carboxylic acids is 1. The summed E-state index contributed by atoms with van der Waals surface area (Å²) in [6, 6.07) is 6.71. The van der Waals surface area contributed by atoms with Crippen molar-refractivity contribution in [3.05, 3.63) is 51.3 Å². The molecule has 0 unspecified atom stereocenters. The average molecular weight is 316 g/mol. The fourth-order valence-corrected chi connectivity index (χ4v) is 1.67. The molecule has 17 heavy (non-hydrogen) atoms. The number of nitrogens with one attached hydrogen (secondary N) is 1. The number of amides is 1. The standard InChI is InChI=1S/C11H8BrClN2O2/c12-9-2-1-7(5-10(9)13)11(16)14-6-8-3-4-17-15-8/h1-5H,6H2,(H,14,16). The molecule has 0 spiro atoms. The van der Waals surface area contributed by atoms with Crippen molar-refractivity contribution in [2.45, 2.75) is 6.54 Å². The molecule has 0 bridgehead atoms. The van der Waals surface area contributed by atoms with Crippen molar-refractivity contribution < 1.29 is 9.32 Å². The maximum atomic E-state index is 11.8. The van der Waals surface area contributed by atoms with Crippen LogP contribution in [0, 0.1) is 0 Å². The van der Waals surface area contributed by atoms with Crippen LogP contribution in [0.2, 0.25) is 5.02 Å². The van der Waals surface area contributed by atoms with Crippen LogP contribution in [-0.2, 0) is 6.54 Å². The van der Waals surface area contributed by atoms with Crippen molar-refractivity contribution in [1.29, 1.82) is 0 Å². The Labute approximate surface area is 111 Å². The number of hydrogen-bond acceptors (Lipinski definition) is 3. The first-order valence-corrected chi connectivity index (χ1v) is 5.96. The maximum Gasteiger partial charge on any atom is 0.251 e. The number of rotatable bonds is 3. The fourth-order valence-electron chi connectivity index (χ4n) is 1.24. The van der Waals surface area contributed by atoms with Gasteiger partial charge in [-0.2, -0.15) is 0 Å². The summed E-state index contributed by atoms with van der Waals surface area (Å²) in [6.45, 7) is 0.322. The van der Waals surface area contributed by atoms with Gasteiger partial charge in [-0.25, -0.2) is 0 Å². The number of carbonyl (C=O) groups is 1. The van der Waals surface area contributed by atoms with Gasteiger partial charge in [-0.15, -0.1) is 0 Å². The number of aromatic nitrogens is 1. The summed E-state index contributed by atoms with van der Waals surface area (Å²) in [6.07, 6.45) is 1.46. The van der Waals surface area contributed by atoms with Gasteiger partial charge in [0, 0.05) is 16.1 Å². The van der Waals surface area contributed by atoms with Crippen LogP contribution in [0.25, 0.3) is 0 Å². The molecular formula is C11H8BrClN2O2. The summed E-state index contributed by atoms with van der Waals surface area (Å²) < 4.78 is 5.42. The van der Waals surface area contributed by atoms with Crippen LogP contribution in [0.15, 0.2) is 39.5 Å².